The fourth-order valence-electron chi connectivity index (χ4n) is 3.57. The molecule has 6 heteroatoms. The molecule has 5 nitrogen and oxygen atoms in total. The van der Waals surface area contributed by atoms with Crippen molar-refractivity contribution < 1.29 is 14.3 Å². The number of benzene rings is 2. The van der Waals surface area contributed by atoms with Gasteiger partial charge in [0.1, 0.15) is 13.2 Å². The van der Waals surface area contributed by atoms with Crippen molar-refractivity contribution in [1.29, 1.82) is 0 Å². The van der Waals surface area contributed by atoms with Crippen LogP contribution < -0.4 is 14.8 Å². The minimum absolute atomic E-state index is 0.0378. The van der Waals surface area contributed by atoms with Crippen molar-refractivity contribution in [3.63, 3.8) is 0 Å². The van der Waals surface area contributed by atoms with E-state index in [1.165, 1.54) is 48.8 Å². The number of hydrogen-bond acceptors (Lipinski definition) is 5. The van der Waals surface area contributed by atoms with E-state index >= 15 is 0 Å². The molecule has 2 aliphatic heterocycles. The summed E-state index contributed by atoms with van der Waals surface area (Å²) in [6, 6.07) is 14.2. The smallest absolute Gasteiger partial charge is 0.230 e. The lowest BCUT2D eigenvalue weighted by atomic mass is 10.1. The second kappa shape index (κ2) is 9.34. The van der Waals surface area contributed by atoms with Crippen LogP contribution in [0.25, 0.3) is 0 Å². The highest BCUT2D eigenvalue weighted by atomic mass is 32.2. The molecule has 0 atom stereocenters. The standard InChI is InChI=1S/C22H26N2O3S/c25-22(16-28-19-7-8-20-21(13-19)27-12-11-26-20)23-14-17-5-1-2-6-18(17)15-24-9-3-4-10-24/h1-2,5-8,13H,3-4,9-12,14-16H2,(H,23,25). The van der Waals surface area contributed by atoms with Gasteiger partial charge in [-0.25, -0.2) is 0 Å². The van der Waals surface area contributed by atoms with Crippen molar-refractivity contribution in [3.05, 3.63) is 53.6 Å². The van der Waals surface area contributed by atoms with Crippen molar-refractivity contribution in [2.75, 3.05) is 32.1 Å². The number of thioether (sulfide) groups is 1. The Balaban J connectivity index is 1.28. The van der Waals surface area contributed by atoms with E-state index in [2.05, 4.69) is 28.4 Å². The molecule has 1 fully saturated rings. The SMILES string of the molecule is O=C(CSc1ccc2c(c1)OCCO2)NCc1ccccc1CN1CCCC1. The van der Waals surface area contributed by atoms with E-state index in [9.17, 15) is 4.79 Å². The zero-order valence-corrected chi connectivity index (χ0v) is 16.8. The van der Waals surface area contributed by atoms with Crippen molar-refractivity contribution in [3.8, 4) is 11.5 Å². The monoisotopic (exact) mass is 398 g/mol. The minimum atomic E-state index is 0.0378. The van der Waals surface area contributed by atoms with Gasteiger partial charge in [-0.3, -0.25) is 9.69 Å². The van der Waals surface area contributed by atoms with E-state index in [1.54, 1.807) is 0 Å². The summed E-state index contributed by atoms with van der Waals surface area (Å²) < 4.78 is 11.1. The average Bonchev–Trinajstić information content (AvgIpc) is 3.24. The van der Waals surface area contributed by atoms with Crippen molar-refractivity contribution in [2.45, 2.75) is 30.8 Å². The number of carbonyl (C=O) groups is 1. The van der Waals surface area contributed by atoms with Gasteiger partial charge < -0.3 is 14.8 Å². The zero-order chi connectivity index (χ0) is 19.2. The normalized spacial score (nSPS) is 16.1. The molecule has 2 aromatic rings. The van der Waals surface area contributed by atoms with E-state index in [-0.39, 0.29) is 5.91 Å². The van der Waals surface area contributed by atoms with Crippen LogP contribution in [-0.4, -0.2) is 42.9 Å². The zero-order valence-electron chi connectivity index (χ0n) is 16.0. The summed E-state index contributed by atoms with van der Waals surface area (Å²) in [4.78, 5) is 15.8. The molecule has 0 aromatic heterocycles. The summed E-state index contributed by atoms with van der Waals surface area (Å²) in [6.07, 6.45) is 2.58. The van der Waals surface area contributed by atoms with Crippen LogP contribution in [0.4, 0.5) is 0 Å². The first kappa shape index (κ1) is 19.2. The van der Waals surface area contributed by atoms with Crippen LogP contribution in [0.1, 0.15) is 24.0 Å². The second-order valence-corrected chi connectivity index (χ2v) is 8.17. The van der Waals surface area contributed by atoms with E-state index in [0.29, 0.717) is 25.5 Å². The summed E-state index contributed by atoms with van der Waals surface area (Å²) in [6.45, 7) is 5.04. The Kier molecular flexibility index (Phi) is 6.39. The first-order chi connectivity index (χ1) is 13.8. The first-order valence-electron chi connectivity index (χ1n) is 9.86. The Bertz CT molecular complexity index is 821. The van der Waals surface area contributed by atoms with Crippen LogP contribution in [0.5, 0.6) is 11.5 Å². The first-order valence-corrected chi connectivity index (χ1v) is 10.8. The van der Waals surface area contributed by atoms with Crippen LogP contribution in [-0.2, 0) is 17.9 Å². The summed E-state index contributed by atoms with van der Waals surface area (Å²) in [5.74, 6) is 1.95. The molecule has 0 unspecified atom stereocenters. The number of nitrogens with one attached hydrogen (secondary N) is 1. The number of ether oxygens (including phenoxy) is 2. The summed E-state index contributed by atoms with van der Waals surface area (Å²) >= 11 is 1.51. The van der Waals surface area contributed by atoms with E-state index in [1.807, 2.05) is 24.3 Å². The predicted octanol–water partition coefficient (Wildman–Crippen LogP) is 3.46. The Labute approximate surface area is 170 Å². The third-order valence-electron chi connectivity index (χ3n) is 5.07. The molecular weight excluding hydrogens is 372 g/mol. The Morgan fingerprint density at radius 2 is 1.75 bits per heavy atom. The highest BCUT2D eigenvalue weighted by molar-refractivity contribution is 8.00. The number of carbonyl (C=O) groups excluding carboxylic acids is 1. The van der Waals surface area contributed by atoms with Crippen molar-refractivity contribution in [1.82, 2.24) is 10.2 Å². The van der Waals surface area contributed by atoms with Crippen LogP contribution in [0.3, 0.4) is 0 Å². The van der Waals surface area contributed by atoms with Crippen LogP contribution >= 0.6 is 11.8 Å². The van der Waals surface area contributed by atoms with Gasteiger partial charge in [0, 0.05) is 18.0 Å². The van der Waals surface area contributed by atoms with Gasteiger partial charge in [-0.2, -0.15) is 0 Å². The molecule has 0 bridgehead atoms. The quantitative estimate of drug-likeness (QED) is 0.724. The molecule has 0 radical (unpaired) electrons. The van der Waals surface area contributed by atoms with Crippen LogP contribution in [0, 0.1) is 0 Å². The summed E-state index contributed by atoms with van der Waals surface area (Å²) in [7, 11) is 0. The predicted molar refractivity (Wildman–Crippen MR) is 111 cm³/mol. The number of likely N-dealkylation sites (tertiary alicyclic amines) is 1. The topological polar surface area (TPSA) is 50.8 Å². The molecule has 148 valence electrons. The number of amides is 1. The van der Waals surface area contributed by atoms with Gasteiger partial charge in [0.05, 0.1) is 5.75 Å². The maximum Gasteiger partial charge on any atom is 0.230 e. The number of rotatable bonds is 7. The Morgan fingerprint density at radius 1 is 1.00 bits per heavy atom. The van der Waals surface area contributed by atoms with Gasteiger partial charge in [-0.1, -0.05) is 24.3 Å². The van der Waals surface area contributed by atoms with E-state index < -0.39 is 0 Å². The van der Waals surface area contributed by atoms with E-state index in [0.717, 1.165) is 22.9 Å². The highest BCUT2D eigenvalue weighted by Crippen LogP contribution is 2.34. The van der Waals surface area contributed by atoms with Crippen LogP contribution in [0.2, 0.25) is 0 Å². The lowest BCUT2D eigenvalue weighted by molar-refractivity contribution is -0.118. The average molecular weight is 399 g/mol. The number of nitrogens with zero attached hydrogens (tertiary/aromatic N) is 1. The molecule has 4 rings (SSSR count). The molecule has 0 spiro atoms. The lowest BCUT2D eigenvalue weighted by Gasteiger charge is -2.18. The minimum Gasteiger partial charge on any atom is -0.486 e. The molecule has 2 aromatic carbocycles. The van der Waals surface area contributed by atoms with Crippen molar-refractivity contribution >= 4 is 17.7 Å². The molecule has 1 saturated heterocycles. The molecule has 1 N–H and O–H groups in total. The largest absolute Gasteiger partial charge is 0.486 e. The fourth-order valence-corrected chi connectivity index (χ4v) is 4.33. The fraction of sp³-hybridized carbons (Fsp3) is 0.409. The van der Waals surface area contributed by atoms with Crippen molar-refractivity contribution in [2.24, 2.45) is 0 Å². The maximum atomic E-state index is 12.3. The van der Waals surface area contributed by atoms with Gasteiger partial charge >= 0.3 is 0 Å². The Hall–Kier alpha value is -2.18. The van der Waals surface area contributed by atoms with Crippen LogP contribution in [0.15, 0.2) is 47.4 Å². The molecule has 2 heterocycles. The van der Waals surface area contributed by atoms with Gasteiger partial charge in [-0.15, -0.1) is 11.8 Å². The maximum absolute atomic E-state index is 12.3. The molecule has 2 aliphatic rings. The molecule has 0 aliphatic carbocycles. The second-order valence-electron chi connectivity index (χ2n) is 7.12. The molecule has 0 saturated carbocycles. The molecular formula is C22H26N2O3S. The third kappa shape index (κ3) is 5.00. The molecule has 1 amide bonds. The third-order valence-corrected chi connectivity index (χ3v) is 6.06. The highest BCUT2D eigenvalue weighted by Gasteiger charge is 2.15. The van der Waals surface area contributed by atoms with Gasteiger partial charge in [0.25, 0.3) is 0 Å². The van der Waals surface area contributed by atoms with Gasteiger partial charge in [0.2, 0.25) is 5.91 Å². The summed E-state index contributed by atoms with van der Waals surface area (Å²) in [5.41, 5.74) is 2.51. The molecule has 28 heavy (non-hydrogen) atoms. The van der Waals surface area contributed by atoms with Gasteiger partial charge in [-0.05, 0) is 55.3 Å². The number of hydrogen-bond donors (Lipinski definition) is 1. The number of fused-ring (bicyclic) bond motifs is 1. The van der Waals surface area contributed by atoms with Gasteiger partial charge in [0.15, 0.2) is 11.5 Å². The lowest BCUT2D eigenvalue weighted by Crippen LogP contribution is -2.26. The summed E-state index contributed by atoms with van der Waals surface area (Å²) in [5, 5.41) is 3.06. The van der Waals surface area contributed by atoms with E-state index in [4.69, 9.17) is 9.47 Å². The Morgan fingerprint density at radius 3 is 2.57 bits per heavy atom.